The first kappa shape index (κ1) is 23.2. The van der Waals surface area contributed by atoms with Gasteiger partial charge in [0.15, 0.2) is 5.16 Å². The summed E-state index contributed by atoms with van der Waals surface area (Å²) >= 11 is 1.38. The Morgan fingerprint density at radius 3 is 2.58 bits per heavy atom. The van der Waals surface area contributed by atoms with Gasteiger partial charge in [0.05, 0.1) is 30.6 Å². The van der Waals surface area contributed by atoms with Crippen molar-refractivity contribution in [3.63, 3.8) is 0 Å². The fraction of sp³-hybridized carbons (Fsp3) is 0.474. The molecule has 1 aromatic carbocycles. The third-order valence-corrected chi connectivity index (χ3v) is 5.99. The number of benzene rings is 1. The van der Waals surface area contributed by atoms with Gasteiger partial charge in [-0.25, -0.2) is 8.42 Å². The Morgan fingerprint density at radius 2 is 1.90 bits per heavy atom. The summed E-state index contributed by atoms with van der Waals surface area (Å²) in [6.07, 6.45) is 3.51. The number of aromatic amines is 1. The predicted octanol–water partition coefficient (Wildman–Crippen LogP) is 2.79. The van der Waals surface area contributed by atoms with Crippen molar-refractivity contribution in [3.05, 3.63) is 30.0 Å². The van der Waals surface area contributed by atoms with Crippen LogP contribution in [0.15, 0.2) is 29.6 Å². The highest BCUT2D eigenvalue weighted by Gasteiger charge is 2.17. The normalized spacial score (nSPS) is 14.0. The molecule has 0 spiro atoms. The minimum Gasteiger partial charge on any atom is -0.394 e. The van der Waals surface area contributed by atoms with E-state index in [9.17, 15) is 13.5 Å². The van der Waals surface area contributed by atoms with Crippen LogP contribution in [0.3, 0.4) is 0 Å². The molecule has 0 aliphatic carbocycles. The summed E-state index contributed by atoms with van der Waals surface area (Å²) in [6, 6.07) is 5.75. The monoisotopic (exact) mass is 465 g/mol. The zero-order valence-corrected chi connectivity index (χ0v) is 19.5. The van der Waals surface area contributed by atoms with Gasteiger partial charge >= 0.3 is 0 Å². The summed E-state index contributed by atoms with van der Waals surface area (Å²) in [6.45, 7) is 6.02. The number of hydrogen-bond acceptors (Lipinski definition) is 9. The van der Waals surface area contributed by atoms with Gasteiger partial charge in [0, 0.05) is 10.6 Å². The molecule has 12 heteroatoms. The summed E-state index contributed by atoms with van der Waals surface area (Å²) in [5.41, 5.74) is 1.98. The zero-order valence-electron chi connectivity index (χ0n) is 17.8. The van der Waals surface area contributed by atoms with E-state index in [0.717, 1.165) is 22.7 Å². The molecule has 168 valence electrons. The van der Waals surface area contributed by atoms with Gasteiger partial charge in [-0.3, -0.25) is 9.82 Å². The molecule has 0 bridgehead atoms. The molecule has 0 radical (unpaired) electrons. The highest BCUT2D eigenvalue weighted by Crippen LogP contribution is 2.34. The van der Waals surface area contributed by atoms with Crippen LogP contribution >= 0.6 is 11.8 Å². The molecule has 2 atom stereocenters. The zero-order chi connectivity index (χ0) is 22.6. The third-order valence-electron chi connectivity index (χ3n) is 4.42. The quantitative estimate of drug-likeness (QED) is 0.332. The van der Waals surface area contributed by atoms with Crippen LogP contribution in [0, 0.1) is 5.92 Å². The first-order chi connectivity index (χ1) is 14.6. The lowest BCUT2D eigenvalue weighted by molar-refractivity contribution is 0.259. The van der Waals surface area contributed by atoms with E-state index in [1.54, 1.807) is 6.20 Å². The first-order valence-electron chi connectivity index (χ1n) is 9.84. The van der Waals surface area contributed by atoms with Gasteiger partial charge in [-0.1, -0.05) is 37.7 Å². The van der Waals surface area contributed by atoms with Crippen molar-refractivity contribution in [2.45, 2.75) is 43.6 Å². The summed E-state index contributed by atoms with van der Waals surface area (Å²) < 4.78 is 25.7. The standard InChI is InChI=1S/C19H27N7O3S2/c1-11(2)7-15(10-27)21-17-22-18(26-31(4,28)29)24-19(23-17)30-12(3)13-5-6-14-9-20-25-16(14)8-13/h5-6,8-9,11-12,15,27H,7,10H2,1-4H3,(H,20,25)(H2,21,22,23,24,26)/t12?,15-/m1/s1. The minimum atomic E-state index is -3.56. The Morgan fingerprint density at radius 1 is 1.16 bits per heavy atom. The van der Waals surface area contributed by atoms with Gasteiger partial charge in [-0.15, -0.1) is 0 Å². The van der Waals surface area contributed by atoms with Crippen LogP contribution < -0.4 is 10.0 Å². The van der Waals surface area contributed by atoms with Gasteiger partial charge in [0.2, 0.25) is 21.9 Å². The van der Waals surface area contributed by atoms with Gasteiger partial charge in [0.25, 0.3) is 0 Å². The molecule has 3 rings (SSSR count). The van der Waals surface area contributed by atoms with E-state index in [0.29, 0.717) is 17.5 Å². The van der Waals surface area contributed by atoms with Crippen LogP contribution in [0.25, 0.3) is 10.9 Å². The fourth-order valence-electron chi connectivity index (χ4n) is 3.05. The fourth-order valence-corrected chi connectivity index (χ4v) is 4.35. The van der Waals surface area contributed by atoms with Crippen LogP contribution in [0.5, 0.6) is 0 Å². The number of anilines is 2. The number of hydrogen-bond donors (Lipinski definition) is 4. The van der Waals surface area contributed by atoms with Crippen molar-refractivity contribution in [1.82, 2.24) is 25.1 Å². The molecule has 3 aromatic rings. The maximum atomic E-state index is 11.7. The van der Waals surface area contributed by atoms with E-state index in [2.05, 4.69) is 35.2 Å². The Labute approximate surface area is 185 Å². The molecule has 0 aliphatic heterocycles. The highest BCUT2D eigenvalue weighted by molar-refractivity contribution is 7.99. The maximum Gasteiger partial charge on any atom is 0.242 e. The van der Waals surface area contributed by atoms with E-state index < -0.39 is 10.0 Å². The number of nitrogens with one attached hydrogen (secondary N) is 3. The van der Waals surface area contributed by atoms with E-state index >= 15 is 0 Å². The van der Waals surface area contributed by atoms with Gasteiger partial charge < -0.3 is 10.4 Å². The topological polar surface area (TPSA) is 146 Å². The minimum absolute atomic E-state index is 0.0154. The molecule has 31 heavy (non-hydrogen) atoms. The van der Waals surface area contributed by atoms with Crippen molar-refractivity contribution in [2.75, 3.05) is 22.9 Å². The third kappa shape index (κ3) is 6.77. The lowest BCUT2D eigenvalue weighted by Crippen LogP contribution is -2.27. The molecule has 2 heterocycles. The second kappa shape index (κ2) is 9.79. The lowest BCUT2D eigenvalue weighted by Gasteiger charge is -2.19. The van der Waals surface area contributed by atoms with Crippen LogP contribution in [0.2, 0.25) is 0 Å². The summed E-state index contributed by atoms with van der Waals surface area (Å²) in [5, 5.41) is 21.1. The second-order valence-corrected chi connectivity index (χ2v) is 10.8. The number of nitrogens with zero attached hydrogens (tertiary/aromatic N) is 4. The molecular weight excluding hydrogens is 438 g/mol. The summed E-state index contributed by atoms with van der Waals surface area (Å²) in [5.74, 6) is 0.492. The number of aliphatic hydroxyl groups excluding tert-OH is 1. The smallest absolute Gasteiger partial charge is 0.242 e. The second-order valence-electron chi connectivity index (χ2n) is 7.77. The Bertz CT molecular complexity index is 1130. The highest BCUT2D eigenvalue weighted by atomic mass is 32.2. The number of rotatable bonds is 10. The van der Waals surface area contributed by atoms with Crippen LogP contribution in [0.4, 0.5) is 11.9 Å². The average molecular weight is 466 g/mol. The Hall–Kier alpha value is -2.44. The Balaban J connectivity index is 1.86. The molecule has 4 N–H and O–H groups in total. The maximum absolute atomic E-state index is 11.7. The molecule has 0 fully saturated rings. The van der Waals surface area contributed by atoms with E-state index in [-0.39, 0.29) is 29.8 Å². The molecule has 2 aromatic heterocycles. The van der Waals surface area contributed by atoms with E-state index in [1.165, 1.54) is 11.8 Å². The van der Waals surface area contributed by atoms with Gasteiger partial charge in [-0.05, 0) is 30.9 Å². The Kier molecular flexibility index (Phi) is 7.34. The number of thioether (sulfide) groups is 1. The first-order valence-corrected chi connectivity index (χ1v) is 12.6. The van der Waals surface area contributed by atoms with Crippen LogP contribution in [0.1, 0.15) is 38.0 Å². The van der Waals surface area contributed by atoms with Crippen molar-refractivity contribution >= 4 is 44.6 Å². The number of sulfonamides is 1. The van der Waals surface area contributed by atoms with Gasteiger partial charge in [-0.2, -0.15) is 20.1 Å². The summed E-state index contributed by atoms with van der Waals surface area (Å²) in [4.78, 5) is 12.9. The van der Waals surface area contributed by atoms with Gasteiger partial charge in [0.1, 0.15) is 0 Å². The molecular formula is C19H27N7O3S2. The average Bonchev–Trinajstić information content (AvgIpc) is 3.13. The molecule has 0 saturated heterocycles. The number of H-pyrrole nitrogens is 1. The van der Waals surface area contributed by atoms with Crippen molar-refractivity contribution in [1.29, 1.82) is 0 Å². The molecule has 0 saturated carbocycles. The molecule has 0 aliphatic rings. The number of aromatic nitrogens is 5. The van der Waals surface area contributed by atoms with Crippen LogP contribution in [-0.2, 0) is 10.0 Å². The van der Waals surface area contributed by atoms with Crippen LogP contribution in [-0.4, -0.2) is 57.6 Å². The van der Waals surface area contributed by atoms with Crippen molar-refractivity contribution < 1.29 is 13.5 Å². The van der Waals surface area contributed by atoms with Crippen molar-refractivity contribution in [2.24, 2.45) is 5.92 Å². The SMILES string of the molecule is CC(C)C[C@H](CO)Nc1nc(NS(C)(=O)=O)nc(SC(C)c2ccc3cn[nH]c3c2)n1. The lowest BCUT2D eigenvalue weighted by atomic mass is 10.0. The van der Waals surface area contributed by atoms with E-state index in [4.69, 9.17) is 0 Å². The molecule has 1 unspecified atom stereocenters. The largest absolute Gasteiger partial charge is 0.394 e. The molecule has 0 amide bonds. The van der Waals surface area contributed by atoms with Crippen molar-refractivity contribution in [3.8, 4) is 0 Å². The van der Waals surface area contributed by atoms with E-state index in [1.807, 2.05) is 39.0 Å². The number of fused-ring (bicyclic) bond motifs is 1. The molecule has 10 nitrogen and oxygen atoms in total. The summed E-state index contributed by atoms with van der Waals surface area (Å²) in [7, 11) is -3.56. The number of aliphatic hydroxyl groups is 1. The predicted molar refractivity (Wildman–Crippen MR) is 123 cm³/mol.